The van der Waals surface area contributed by atoms with E-state index in [2.05, 4.69) is 45.3 Å². The summed E-state index contributed by atoms with van der Waals surface area (Å²) in [7, 11) is 3.26. The lowest BCUT2D eigenvalue weighted by molar-refractivity contribution is 0.354. The van der Waals surface area contributed by atoms with Gasteiger partial charge < -0.3 is 14.9 Å². The largest absolute Gasteiger partial charge is 0.493 e. The highest BCUT2D eigenvalue weighted by molar-refractivity contribution is 14.1. The van der Waals surface area contributed by atoms with Gasteiger partial charge in [0.15, 0.2) is 11.5 Å². The summed E-state index contributed by atoms with van der Waals surface area (Å²) >= 11 is 2.28. The molecule has 0 fully saturated rings. The molecule has 0 atom stereocenters. The van der Waals surface area contributed by atoms with Gasteiger partial charge in [-0.2, -0.15) is 5.10 Å². The molecule has 0 aliphatic rings. The Hall–Kier alpha value is -1.76. The van der Waals surface area contributed by atoms with Crippen molar-refractivity contribution in [3.05, 3.63) is 57.2 Å². The van der Waals surface area contributed by atoms with Crippen LogP contribution in [-0.4, -0.2) is 20.4 Å². The zero-order chi connectivity index (χ0) is 15.1. The van der Waals surface area contributed by atoms with Crippen molar-refractivity contribution in [2.45, 2.75) is 6.54 Å². The number of benzene rings is 2. The van der Waals surface area contributed by atoms with Crippen LogP contribution in [-0.2, 0) is 6.54 Å². The van der Waals surface area contributed by atoms with Crippen LogP contribution in [0.1, 0.15) is 11.1 Å². The normalized spacial score (nSPS) is 10.6. The first-order valence-corrected chi connectivity index (χ1v) is 7.53. The van der Waals surface area contributed by atoms with Gasteiger partial charge in [0.2, 0.25) is 0 Å². The van der Waals surface area contributed by atoms with E-state index in [-0.39, 0.29) is 0 Å². The van der Waals surface area contributed by atoms with E-state index in [1.54, 1.807) is 14.2 Å². The van der Waals surface area contributed by atoms with Gasteiger partial charge in [0, 0.05) is 3.57 Å². The Kier molecular flexibility index (Phi) is 5.86. The number of hydrogen-bond acceptors (Lipinski definition) is 4. The third-order valence-corrected chi connectivity index (χ3v) is 3.56. The first-order chi connectivity index (χ1) is 10.2. The summed E-state index contributed by atoms with van der Waals surface area (Å²) in [6.45, 7) is 0.626. The molecule has 5 heteroatoms. The standard InChI is InChI=1S/C16H17IN2O2/c1-20-15-7-6-13(9-16(15)21-2)11-19-18-10-12-4-3-5-14(17)8-12/h3-10,19H,11H2,1-2H3/b18-10-. The fraction of sp³-hybridized carbons (Fsp3) is 0.188. The second-order valence-electron chi connectivity index (χ2n) is 4.34. The number of halogens is 1. The second kappa shape index (κ2) is 7.87. The summed E-state index contributed by atoms with van der Waals surface area (Å²) in [5, 5.41) is 4.23. The van der Waals surface area contributed by atoms with Crippen molar-refractivity contribution < 1.29 is 9.47 Å². The molecule has 0 saturated carbocycles. The molecule has 2 rings (SSSR count). The fourth-order valence-corrected chi connectivity index (χ4v) is 2.40. The SMILES string of the molecule is COc1ccc(CN/N=C\c2cccc(I)c2)cc1OC. The molecule has 110 valence electrons. The van der Waals surface area contributed by atoms with Gasteiger partial charge in [-0.1, -0.05) is 18.2 Å². The van der Waals surface area contributed by atoms with Crippen LogP contribution in [0, 0.1) is 3.57 Å². The molecule has 0 bridgehead atoms. The zero-order valence-electron chi connectivity index (χ0n) is 12.0. The summed E-state index contributed by atoms with van der Waals surface area (Å²) < 4.78 is 11.7. The average Bonchev–Trinajstić information content (AvgIpc) is 2.51. The van der Waals surface area contributed by atoms with Gasteiger partial charge in [-0.15, -0.1) is 0 Å². The Labute approximate surface area is 138 Å². The average molecular weight is 396 g/mol. The molecule has 0 aliphatic carbocycles. The van der Waals surface area contributed by atoms with E-state index in [9.17, 15) is 0 Å². The molecular weight excluding hydrogens is 379 g/mol. The molecule has 21 heavy (non-hydrogen) atoms. The molecule has 0 spiro atoms. The minimum Gasteiger partial charge on any atom is -0.493 e. The van der Waals surface area contributed by atoms with Crippen molar-refractivity contribution in [3.8, 4) is 11.5 Å². The number of methoxy groups -OCH3 is 2. The third kappa shape index (κ3) is 4.63. The maximum Gasteiger partial charge on any atom is 0.161 e. The van der Waals surface area contributed by atoms with E-state index in [1.165, 1.54) is 3.57 Å². The zero-order valence-corrected chi connectivity index (χ0v) is 14.1. The Morgan fingerprint density at radius 2 is 1.90 bits per heavy atom. The molecule has 0 aromatic heterocycles. The number of hydrogen-bond donors (Lipinski definition) is 1. The van der Waals surface area contributed by atoms with E-state index in [0.29, 0.717) is 6.54 Å². The molecule has 0 saturated heterocycles. The Morgan fingerprint density at radius 3 is 2.62 bits per heavy atom. The van der Waals surface area contributed by atoms with Gasteiger partial charge in [-0.3, -0.25) is 0 Å². The van der Waals surface area contributed by atoms with Gasteiger partial charge in [-0.05, 0) is 58.0 Å². The van der Waals surface area contributed by atoms with Crippen LogP contribution in [0.4, 0.5) is 0 Å². The van der Waals surface area contributed by atoms with E-state index in [4.69, 9.17) is 9.47 Å². The molecule has 2 aromatic carbocycles. The highest BCUT2D eigenvalue weighted by atomic mass is 127. The van der Waals surface area contributed by atoms with Crippen LogP contribution < -0.4 is 14.9 Å². The smallest absolute Gasteiger partial charge is 0.161 e. The lowest BCUT2D eigenvalue weighted by atomic mass is 10.2. The number of nitrogens with zero attached hydrogens (tertiary/aromatic N) is 1. The molecular formula is C16H17IN2O2. The summed E-state index contributed by atoms with van der Waals surface area (Å²) in [4.78, 5) is 0. The van der Waals surface area contributed by atoms with Crippen molar-refractivity contribution >= 4 is 28.8 Å². The van der Waals surface area contributed by atoms with Gasteiger partial charge >= 0.3 is 0 Å². The molecule has 4 nitrogen and oxygen atoms in total. The molecule has 0 radical (unpaired) electrons. The topological polar surface area (TPSA) is 42.8 Å². The molecule has 0 unspecified atom stereocenters. The van der Waals surface area contributed by atoms with Crippen LogP contribution in [0.5, 0.6) is 11.5 Å². The lowest BCUT2D eigenvalue weighted by Gasteiger charge is -2.09. The lowest BCUT2D eigenvalue weighted by Crippen LogP contribution is -2.06. The van der Waals surface area contributed by atoms with E-state index < -0.39 is 0 Å². The quantitative estimate of drug-likeness (QED) is 0.462. The Morgan fingerprint density at radius 1 is 1.10 bits per heavy atom. The van der Waals surface area contributed by atoms with Gasteiger partial charge in [0.05, 0.1) is 27.0 Å². The first kappa shape index (κ1) is 15.6. The van der Waals surface area contributed by atoms with E-state index >= 15 is 0 Å². The summed E-state index contributed by atoms with van der Waals surface area (Å²) in [5.74, 6) is 1.45. The number of nitrogens with one attached hydrogen (secondary N) is 1. The number of ether oxygens (including phenoxy) is 2. The summed E-state index contributed by atoms with van der Waals surface area (Å²) in [6, 6.07) is 14.0. The molecule has 0 heterocycles. The van der Waals surface area contributed by atoms with Crippen LogP contribution in [0.2, 0.25) is 0 Å². The third-order valence-electron chi connectivity index (χ3n) is 2.88. The van der Waals surface area contributed by atoms with Crippen LogP contribution in [0.25, 0.3) is 0 Å². The monoisotopic (exact) mass is 396 g/mol. The fourth-order valence-electron chi connectivity index (χ4n) is 1.83. The molecule has 1 N–H and O–H groups in total. The Balaban J connectivity index is 1.94. The van der Waals surface area contributed by atoms with Crippen LogP contribution in [0.3, 0.4) is 0 Å². The maximum atomic E-state index is 5.27. The van der Waals surface area contributed by atoms with Gasteiger partial charge in [0.1, 0.15) is 0 Å². The number of rotatable bonds is 6. The number of hydrazone groups is 1. The molecule has 0 aliphatic heterocycles. The van der Waals surface area contributed by atoms with Crippen molar-refractivity contribution in [3.63, 3.8) is 0 Å². The van der Waals surface area contributed by atoms with Gasteiger partial charge in [0.25, 0.3) is 0 Å². The van der Waals surface area contributed by atoms with E-state index in [1.807, 2.05) is 36.5 Å². The first-order valence-electron chi connectivity index (χ1n) is 6.45. The van der Waals surface area contributed by atoms with Crippen LogP contribution in [0.15, 0.2) is 47.6 Å². The maximum absolute atomic E-state index is 5.27. The Bertz CT molecular complexity index is 629. The van der Waals surface area contributed by atoms with Gasteiger partial charge in [-0.25, -0.2) is 0 Å². The highest BCUT2D eigenvalue weighted by Gasteiger charge is 2.03. The predicted octanol–water partition coefficient (Wildman–Crippen LogP) is 3.43. The minimum absolute atomic E-state index is 0.626. The minimum atomic E-state index is 0.626. The second-order valence-corrected chi connectivity index (χ2v) is 5.58. The summed E-state index contributed by atoms with van der Waals surface area (Å²) in [5.41, 5.74) is 5.18. The highest BCUT2D eigenvalue weighted by Crippen LogP contribution is 2.27. The molecule has 0 amide bonds. The van der Waals surface area contributed by atoms with E-state index in [0.717, 1.165) is 22.6 Å². The van der Waals surface area contributed by atoms with Crippen molar-refractivity contribution in [2.24, 2.45) is 5.10 Å². The van der Waals surface area contributed by atoms with Crippen LogP contribution >= 0.6 is 22.6 Å². The predicted molar refractivity (Wildman–Crippen MR) is 93.1 cm³/mol. The molecule has 2 aromatic rings. The summed E-state index contributed by atoms with van der Waals surface area (Å²) in [6.07, 6.45) is 1.81. The van der Waals surface area contributed by atoms with Crippen molar-refractivity contribution in [2.75, 3.05) is 14.2 Å². The van der Waals surface area contributed by atoms with Crippen molar-refractivity contribution in [1.82, 2.24) is 5.43 Å². The van der Waals surface area contributed by atoms with Crippen molar-refractivity contribution in [1.29, 1.82) is 0 Å².